The van der Waals surface area contributed by atoms with E-state index in [1.54, 1.807) is 0 Å². The summed E-state index contributed by atoms with van der Waals surface area (Å²) in [5.74, 6) is 1.56. The Labute approximate surface area is 120 Å². The monoisotopic (exact) mass is 277 g/mol. The van der Waals surface area contributed by atoms with Crippen LogP contribution in [0.2, 0.25) is 0 Å². The Morgan fingerprint density at radius 3 is 2.70 bits per heavy atom. The minimum absolute atomic E-state index is 0.233. The topological polar surface area (TPSA) is 43.8 Å². The Hall–Kier alpha value is -1.42. The molecule has 1 atom stereocenters. The molecule has 0 fully saturated rings. The van der Waals surface area contributed by atoms with Crippen molar-refractivity contribution >= 4 is 11.0 Å². The Kier molecular flexibility index (Phi) is 4.76. The lowest BCUT2D eigenvalue weighted by atomic mass is 9.96. The molecule has 110 valence electrons. The van der Waals surface area contributed by atoms with Crippen molar-refractivity contribution in [2.24, 2.45) is 11.7 Å². The summed E-state index contributed by atoms with van der Waals surface area (Å²) in [5, 5.41) is 0. The van der Waals surface area contributed by atoms with Gasteiger partial charge in [-0.15, -0.1) is 0 Å². The van der Waals surface area contributed by atoms with E-state index in [0.717, 1.165) is 36.2 Å². The van der Waals surface area contributed by atoms with Gasteiger partial charge in [-0.05, 0) is 30.9 Å². The average Bonchev–Trinajstić information content (AvgIpc) is 2.74. The lowest BCUT2D eigenvalue weighted by Crippen LogP contribution is -2.19. The van der Waals surface area contributed by atoms with Crippen LogP contribution in [0, 0.1) is 11.7 Å². The van der Waals surface area contributed by atoms with Gasteiger partial charge in [0.2, 0.25) is 0 Å². The van der Waals surface area contributed by atoms with Crippen LogP contribution in [0.15, 0.2) is 18.2 Å². The predicted octanol–water partition coefficient (Wildman–Crippen LogP) is 3.67. The number of benzene rings is 1. The number of imidazole rings is 1. The third-order valence-corrected chi connectivity index (χ3v) is 3.59. The number of nitrogens with two attached hydrogens (primary N) is 1. The number of hydrogen-bond donors (Lipinski definition) is 1. The van der Waals surface area contributed by atoms with Gasteiger partial charge in [-0.1, -0.05) is 20.8 Å². The van der Waals surface area contributed by atoms with E-state index in [-0.39, 0.29) is 11.7 Å². The molecular formula is C16H24FN3. The second-order valence-electron chi connectivity index (χ2n) is 5.82. The fourth-order valence-electron chi connectivity index (χ4n) is 2.77. The van der Waals surface area contributed by atoms with E-state index < -0.39 is 0 Å². The summed E-state index contributed by atoms with van der Waals surface area (Å²) in [7, 11) is 0. The van der Waals surface area contributed by atoms with Gasteiger partial charge in [0, 0.05) is 25.1 Å². The van der Waals surface area contributed by atoms with Gasteiger partial charge in [0.1, 0.15) is 11.6 Å². The Morgan fingerprint density at radius 2 is 2.10 bits per heavy atom. The first-order valence-electron chi connectivity index (χ1n) is 7.42. The van der Waals surface area contributed by atoms with Crippen molar-refractivity contribution in [3.05, 3.63) is 29.8 Å². The predicted molar refractivity (Wildman–Crippen MR) is 81.2 cm³/mol. The van der Waals surface area contributed by atoms with Crippen LogP contribution >= 0.6 is 0 Å². The largest absolute Gasteiger partial charge is 0.330 e. The van der Waals surface area contributed by atoms with Crippen LogP contribution in [0.3, 0.4) is 0 Å². The third kappa shape index (κ3) is 3.01. The lowest BCUT2D eigenvalue weighted by Gasteiger charge is -2.18. The molecule has 3 nitrogen and oxygen atoms in total. The SMILES string of the molecule is CCCn1c(C(CN)CC(C)C)nc2cc(F)ccc21. The van der Waals surface area contributed by atoms with Crippen molar-refractivity contribution in [2.75, 3.05) is 6.54 Å². The van der Waals surface area contributed by atoms with E-state index in [1.807, 2.05) is 6.07 Å². The van der Waals surface area contributed by atoms with Gasteiger partial charge in [-0.2, -0.15) is 0 Å². The summed E-state index contributed by atoms with van der Waals surface area (Å²) in [6.45, 7) is 7.99. The van der Waals surface area contributed by atoms with Crippen molar-refractivity contribution in [3.8, 4) is 0 Å². The first kappa shape index (κ1) is 15.0. The van der Waals surface area contributed by atoms with Crippen LogP contribution in [-0.2, 0) is 6.54 Å². The number of fused-ring (bicyclic) bond motifs is 1. The van der Waals surface area contributed by atoms with Crippen molar-refractivity contribution in [3.63, 3.8) is 0 Å². The summed E-state index contributed by atoms with van der Waals surface area (Å²) in [4.78, 5) is 4.66. The lowest BCUT2D eigenvalue weighted by molar-refractivity contribution is 0.470. The maximum atomic E-state index is 13.4. The zero-order valence-corrected chi connectivity index (χ0v) is 12.6. The smallest absolute Gasteiger partial charge is 0.125 e. The van der Waals surface area contributed by atoms with E-state index in [9.17, 15) is 4.39 Å². The number of aromatic nitrogens is 2. The first-order chi connectivity index (χ1) is 9.56. The molecule has 2 aromatic rings. The highest BCUT2D eigenvalue weighted by Gasteiger charge is 2.20. The molecule has 0 saturated carbocycles. The van der Waals surface area contributed by atoms with Gasteiger partial charge in [0.05, 0.1) is 11.0 Å². The van der Waals surface area contributed by atoms with E-state index in [1.165, 1.54) is 12.1 Å². The zero-order valence-electron chi connectivity index (χ0n) is 12.6. The van der Waals surface area contributed by atoms with Gasteiger partial charge in [0.15, 0.2) is 0 Å². The van der Waals surface area contributed by atoms with Crippen LogP contribution in [0.25, 0.3) is 11.0 Å². The molecule has 0 radical (unpaired) electrons. The summed E-state index contributed by atoms with van der Waals surface area (Å²) < 4.78 is 15.6. The molecule has 20 heavy (non-hydrogen) atoms. The number of aryl methyl sites for hydroxylation is 1. The molecule has 0 amide bonds. The van der Waals surface area contributed by atoms with Crippen molar-refractivity contribution in [1.82, 2.24) is 9.55 Å². The number of nitrogens with zero attached hydrogens (tertiary/aromatic N) is 2. The van der Waals surface area contributed by atoms with E-state index in [0.29, 0.717) is 12.5 Å². The van der Waals surface area contributed by atoms with Gasteiger partial charge in [-0.3, -0.25) is 0 Å². The Balaban J connectivity index is 2.52. The molecule has 0 saturated heterocycles. The van der Waals surface area contributed by atoms with Crippen molar-refractivity contribution in [2.45, 2.75) is 46.1 Å². The highest BCUT2D eigenvalue weighted by atomic mass is 19.1. The quantitative estimate of drug-likeness (QED) is 0.875. The summed E-state index contributed by atoms with van der Waals surface area (Å²) in [5.41, 5.74) is 7.68. The molecular weight excluding hydrogens is 253 g/mol. The van der Waals surface area contributed by atoms with Crippen LogP contribution in [0.1, 0.15) is 45.4 Å². The zero-order chi connectivity index (χ0) is 14.7. The van der Waals surface area contributed by atoms with Gasteiger partial charge >= 0.3 is 0 Å². The maximum Gasteiger partial charge on any atom is 0.125 e. The van der Waals surface area contributed by atoms with Crippen LogP contribution in [0.4, 0.5) is 4.39 Å². The minimum atomic E-state index is -0.238. The van der Waals surface area contributed by atoms with Crippen molar-refractivity contribution < 1.29 is 4.39 Å². The summed E-state index contributed by atoms with van der Waals surface area (Å²) in [6.07, 6.45) is 2.03. The van der Waals surface area contributed by atoms with Crippen LogP contribution in [0.5, 0.6) is 0 Å². The highest BCUT2D eigenvalue weighted by molar-refractivity contribution is 5.76. The second-order valence-corrected chi connectivity index (χ2v) is 5.82. The summed E-state index contributed by atoms with van der Waals surface area (Å²) >= 11 is 0. The third-order valence-electron chi connectivity index (χ3n) is 3.59. The standard InChI is InChI=1S/C16H24FN3/c1-4-7-20-15-6-5-13(17)9-14(15)19-16(20)12(10-18)8-11(2)3/h5-6,9,11-12H,4,7-8,10,18H2,1-3H3. The Bertz CT molecular complexity index is 574. The number of halogens is 1. The first-order valence-corrected chi connectivity index (χ1v) is 7.42. The average molecular weight is 277 g/mol. The van der Waals surface area contributed by atoms with Gasteiger partial charge in [0.25, 0.3) is 0 Å². The van der Waals surface area contributed by atoms with E-state index >= 15 is 0 Å². The Morgan fingerprint density at radius 1 is 1.35 bits per heavy atom. The molecule has 0 spiro atoms. The van der Waals surface area contributed by atoms with E-state index in [4.69, 9.17) is 5.73 Å². The molecule has 0 aliphatic rings. The molecule has 4 heteroatoms. The second kappa shape index (κ2) is 6.35. The van der Waals surface area contributed by atoms with Crippen LogP contribution in [-0.4, -0.2) is 16.1 Å². The van der Waals surface area contributed by atoms with E-state index in [2.05, 4.69) is 30.3 Å². The molecule has 2 rings (SSSR count). The maximum absolute atomic E-state index is 13.4. The van der Waals surface area contributed by atoms with Gasteiger partial charge < -0.3 is 10.3 Å². The molecule has 1 aromatic heterocycles. The van der Waals surface area contributed by atoms with Gasteiger partial charge in [-0.25, -0.2) is 9.37 Å². The molecule has 0 bridgehead atoms. The number of rotatable bonds is 6. The highest BCUT2D eigenvalue weighted by Crippen LogP contribution is 2.27. The fraction of sp³-hybridized carbons (Fsp3) is 0.562. The molecule has 0 aliphatic carbocycles. The molecule has 2 N–H and O–H groups in total. The molecule has 1 unspecified atom stereocenters. The summed E-state index contributed by atoms with van der Waals surface area (Å²) in [6, 6.07) is 4.83. The molecule has 0 aliphatic heterocycles. The number of hydrogen-bond acceptors (Lipinski definition) is 2. The normalized spacial score (nSPS) is 13.3. The molecule has 1 heterocycles. The molecule has 1 aromatic carbocycles. The van der Waals surface area contributed by atoms with Crippen LogP contribution < -0.4 is 5.73 Å². The minimum Gasteiger partial charge on any atom is -0.330 e. The fourth-order valence-corrected chi connectivity index (χ4v) is 2.77. The van der Waals surface area contributed by atoms with Crippen molar-refractivity contribution in [1.29, 1.82) is 0 Å².